The second-order valence-corrected chi connectivity index (χ2v) is 3.45. The molecule has 0 aliphatic rings. The van der Waals surface area contributed by atoms with Crippen molar-refractivity contribution in [3.8, 4) is 17.1 Å². The second kappa shape index (κ2) is 5.65. The van der Waals surface area contributed by atoms with Crippen LogP contribution in [0.15, 0.2) is 28.8 Å². The van der Waals surface area contributed by atoms with Crippen LogP contribution in [0.5, 0.6) is 5.75 Å². The fourth-order valence-corrected chi connectivity index (χ4v) is 1.36. The summed E-state index contributed by atoms with van der Waals surface area (Å²) in [6.45, 7) is 1.79. The average molecular weight is 256 g/mol. The summed E-state index contributed by atoms with van der Waals surface area (Å²) >= 11 is 0. The molecule has 5 nitrogen and oxygen atoms in total. The van der Waals surface area contributed by atoms with Crippen LogP contribution in [0.4, 0.5) is 0 Å². The molecule has 17 heavy (non-hydrogen) atoms. The van der Waals surface area contributed by atoms with E-state index in [0.717, 1.165) is 5.56 Å². The topological polar surface area (TPSA) is 74.2 Å². The first-order valence-corrected chi connectivity index (χ1v) is 4.95. The van der Waals surface area contributed by atoms with Gasteiger partial charge < -0.3 is 15.0 Å². The molecule has 2 N–H and O–H groups in total. The lowest BCUT2D eigenvalue weighted by atomic mass is 10.2. The van der Waals surface area contributed by atoms with Gasteiger partial charge in [-0.2, -0.15) is 4.98 Å². The minimum Gasteiger partial charge on any atom is -0.496 e. The lowest BCUT2D eigenvalue weighted by molar-refractivity contribution is 0.361. The number of nitrogens with zero attached hydrogens (tertiary/aromatic N) is 2. The van der Waals surface area contributed by atoms with Gasteiger partial charge in [0.1, 0.15) is 5.75 Å². The van der Waals surface area contributed by atoms with Crippen LogP contribution in [0.2, 0.25) is 0 Å². The summed E-state index contributed by atoms with van der Waals surface area (Å²) in [5, 5.41) is 3.87. The van der Waals surface area contributed by atoms with E-state index in [9.17, 15) is 0 Å². The predicted octanol–water partition coefficient (Wildman–Crippen LogP) is 2.19. The molecule has 2 rings (SSSR count). The maximum atomic E-state index is 5.65. The molecule has 1 aromatic carbocycles. The van der Waals surface area contributed by atoms with Gasteiger partial charge in [0.2, 0.25) is 11.7 Å². The molecule has 0 saturated heterocycles. The molecule has 0 amide bonds. The fourth-order valence-electron chi connectivity index (χ4n) is 1.36. The molecule has 0 aliphatic heterocycles. The highest BCUT2D eigenvalue weighted by molar-refractivity contribution is 5.85. The number of methoxy groups -OCH3 is 1. The summed E-state index contributed by atoms with van der Waals surface area (Å²) in [5.41, 5.74) is 6.44. The second-order valence-electron chi connectivity index (χ2n) is 3.45. The predicted molar refractivity (Wildman–Crippen MR) is 66.1 cm³/mol. The van der Waals surface area contributed by atoms with Crippen molar-refractivity contribution >= 4 is 12.4 Å². The Balaban J connectivity index is 0.00000144. The molecule has 6 heteroatoms. The van der Waals surface area contributed by atoms with Gasteiger partial charge in [0.25, 0.3) is 0 Å². The Hall–Kier alpha value is -1.59. The van der Waals surface area contributed by atoms with Gasteiger partial charge in [0.15, 0.2) is 0 Å². The van der Waals surface area contributed by atoms with Crippen molar-refractivity contribution in [1.82, 2.24) is 10.1 Å². The van der Waals surface area contributed by atoms with Crippen LogP contribution in [0.3, 0.4) is 0 Å². The molecular formula is C11H14ClN3O2. The average Bonchev–Trinajstić information content (AvgIpc) is 2.78. The van der Waals surface area contributed by atoms with Gasteiger partial charge in [-0.15, -0.1) is 12.4 Å². The molecule has 0 bridgehead atoms. The minimum absolute atomic E-state index is 0. The lowest BCUT2D eigenvalue weighted by Crippen LogP contribution is -2.04. The molecule has 0 fully saturated rings. The Labute approximate surface area is 105 Å². The Kier molecular flexibility index (Phi) is 4.48. The van der Waals surface area contributed by atoms with Crippen LogP contribution in [0.25, 0.3) is 11.4 Å². The van der Waals surface area contributed by atoms with Gasteiger partial charge in [0, 0.05) is 0 Å². The number of ether oxygens (including phenoxy) is 1. The third-order valence-corrected chi connectivity index (χ3v) is 2.18. The Morgan fingerprint density at radius 3 is 2.65 bits per heavy atom. The number of halogens is 1. The van der Waals surface area contributed by atoms with Crippen LogP contribution in [-0.4, -0.2) is 17.3 Å². The lowest BCUT2D eigenvalue weighted by Gasteiger charge is -2.03. The van der Waals surface area contributed by atoms with E-state index in [-0.39, 0.29) is 18.4 Å². The van der Waals surface area contributed by atoms with E-state index in [1.165, 1.54) is 0 Å². The summed E-state index contributed by atoms with van der Waals surface area (Å²) in [6, 6.07) is 7.22. The van der Waals surface area contributed by atoms with Gasteiger partial charge >= 0.3 is 0 Å². The number of rotatable bonds is 3. The summed E-state index contributed by atoms with van der Waals surface area (Å²) in [5.74, 6) is 1.62. The number of aromatic nitrogens is 2. The molecule has 1 atom stereocenters. The first-order valence-electron chi connectivity index (χ1n) is 4.95. The molecule has 0 aliphatic carbocycles. The van der Waals surface area contributed by atoms with Gasteiger partial charge in [-0.1, -0.05) is 17.3 Å². The maximum Gasteiger partial charge on any atom is 0.243 e. The number of benzene rings is 1. The maximum absolute atomic E-state index is 5.65. The quantitative estimate of drug-likeness (QED) is 0.910. The highest BCUT2D eigenvalue weighted by Gasteiger charge is 2.14. The first-order chi connectivity index (χ1) is 7.72. The summed E-state index contributed by atoms with van der Waals surface area (Å²) in [6.07, 6.45) is 0. The standard InChI is InChI=1S/C11H13N3O2.ClH/c1-7(12)11-13-10(14-16-11)8-5-3-4-6-9(8)15-2;/h3-7H,12H2,1-2H3;1H/t7-;/m1./s1. The number of hydrogen-bond donors (Lipinski definition) is 1. The van der Waals surface area contributed by atoms with Crippen molar-refractivity contribution in [1.29, 1.82) is 0 Å². The third-order valence-electron chi connectivity index (χ3n) is 2.18. The van der Waals surface area contributed by atoms with Crippen LogP contribution in [0.1, 0.15) is 18.9 Å². The van der Waals surface area contributed by atoms with Crippen molar-refractivity contribution in [3.63, 3.8) is 0 Å². The van der Waals surface area contributed by atoms with E-state index in [2.05, 4.69) is 10.1 Å². The Morgan fingerprint density at radius 2 is 2.06 bits per heavy atom. The van der Waals surface area contributed by atoms with Crippen molar-refractivity contribution < 1.29 is 9.26 Å². The molecule has 1 aromatic heterocycles. The van der Waals surface area contributed by atoms with Gasteiger partial charge in [-0.05, 0) is 19.1 Å². The van der Waals surface area contributed by atoms with E-state index < -0.39 is 0 Å². The highest BCUT2D eigenvalue weighted by Crippen LogP contribution is 2.27. The monoisotopic (exact) mass is 255 g/mol. The van der Waals surface area contributed by atoms with Crippen LogP contribution >= 0.6 is 12.4 Å². The zero-order valence-corrected chi connectivity index (χ0v) is 10.4. The summed E-state index contributed by atoms with van der Waals surface area (Å²) in [4.78, 5) is 4.21. The molecule has 0 unspecified atom stereocenters. The smallest absolute Gasteiger partial charge is 0.243 e. The van der Waals surface area contributed by atoms with Crippen LogP contribution < -0.4 is 10.5 Å². The van der Waals surface area contributed by atoms with Crippen molar-refractivity contribution in [2.24, 2.45) is 5.73 Å². The van der Waals surface area contributed by atoms with Gasteiger partial charge in [-0.25, -0.2) is 0 Å². The van der Waals surface area contributed by atoms with Crippen LogP contribution in [-0.2, 0) is 0 Å². The zero-order chi connectivity index (χ0) is 11.5. The molecule has 92 valence electrons. The largest absolute Gasteiger partial charge is 0.496 e. The third kappa shape index (κ3) is 2.75. The number of hydrogen-bond acceptors (Lipinski definition) is 5. The molecular weight excluding hydrogens is 242 g/mol. The molecule has 0 radical (unpaired) electrons. The van der Waals surface area contributed by atoms with E-state index in [0.29, 0.717) is 17.5 Å². The van der Waals surface area contributed by atoms with Crippen molar-refractivity contribution in [2.75, 3.05) is 7.11 Å². The van der Waals surface area contributed by atoms with Gasteiger partial charge in [0.05, 0.1) is 18.7 Å². The molecule has 2 aromatic rings. The Bertz CT molecular complexity index is 485. The SMILES string of the molecule is COc1ccccc1-c1noc([C@@H](C)N)n1.Cl. The molecule has 1 heterocycles. The van der Waals surface area contributed by atoms with Crippen molar-refractivity contribution in [2.45, 2.75) is 13.0 Å². The summed E-state index contributed by atoms with van der Waals surface area (Å²) in [7, 11) is 1.60. The van der Waals surface area contributed by atoms with E-state index in [1.54, 1.807) is 14.0 Å². The van der Waals surface area contributed by atoms with E-state index in [4.69, 9.17) is 15.0 Å². The minimum atomic E-state index is -0.268. The fraction of sp³-hybridized carbons (Fsp3) is 0.273. The number of nitrogens with two attached hydrogens (primary N) is 1. The normalized spacial score (nSPS) is 11.7. The van der Waals surface area contributed by atoms with Crippen LogP contribution in [0, 0.1) is 0 Å². The van der Waals surface area contributed by atoms with Crippen molar-refractivity contribution in [3.05, 3.63) is 30.2 Å². The highest BCUT2D eigenvalue weighted by atomic mass is 35.5. The number of para-hydroxylation sites is 1. The van der Waals surface area contributed by atoms with E-state index in [1.807, 2.05) is 24.3 Å². The van der Waals surface area contributed by atoms with Gasteiger partial charge in [-0.3, -0.25) is 0 Å². The summed E-state index contributed by atoms with van der Waals surface area (Å²) < 4.78 is 10.3. The first kappa shape index (κ1) is 13.5. The molecule has 0 spiro atoms. The van der Waals surface area contributed by atoms with E-state index >= 15 is 0 Å². The molecule has 0 saturated carbocycles. The zero-order valence-electron chi connectivity index (χ0n) is 9.58. The Morgan fingerprint density at radius 1 is 1.35 bits per heavy atom.